The Balaban J connectivity index is 2.42. The molecule has 1 aliphatic rings. The highest BCUT2D eigenvalue weighted by atomic mass is 16.5. The lowest BCUT2D eigenvalue weighted by molar-refractivity contribution is -0.0136. The molecule has 0 aromatic rings. The molecule has 0 spiro atoms. The summed E-state index contributed by atoms with van der Waals surface area (Å²) < 4.78 is 10.8. The molecule has 0 amide bonds. The maximum Gasteiger partial charge on any atom is 0.191 e. The second-order valence-electron chi connectivity index (χ2n) is 4.98. The summed E-state index contributed by atoms with van der Waals surface area (Å²) >= 11 is 0. The van der Waals surface area contributed by atoms with Crippen molar-refractivity contribution in [1.82, 2.24) is 15.5 Å². The normalized spacial score (nSPS) is 23.2. The average Bonchev–Trinajstić information content (AvgIpc) is 2.36. The van der Waals surface area contributed by atoms with Crippen LogP contribution in [0.1, 0.15) is 13.8 Å². The van der Waals surface area contributed by atoms with E-state index in [0.717, 1.165) is 32.2 Å². The summed E-state index contributed by atoms with van der Waals surface area (Å²) in [7, 11) is 3.82. The van der Waals surface area contributed by atoms with Crippen molar-refractivity contribution in [2.24, 2.45) is 4.99 Å². The lowest BCUT2D eigenvalue weighted by atomic mass is 10.3. The van der Waals surface area contributed by atoms with Gasteiger partial charge in [-0.25, -0.2) is 0 Å². The Labute approximate surface area is 116 Å². The monoisotopic (exact) mass is 272 g/mol. The van der Waals surface area contributed by atoms with Gasteiger partial charge in [-0.1, -0.05) is 0 Å². The van der Waals surface area contributed by atoms with E-state index in [1.54, 1.807) is 7.11 Å². The summed E-state index contributed by atoms with van der Waals surface area (Å²) in [6.45, 7) is 9.05. The second kappa shape index (κ2) is 9.12. The van der Waals surface area contributed by atoms with Crippen molar-refractivity contribution >= 4 is 5.96 Å². The molecule has 2 N–H and O–H groups in total. The molecule has 1 fully saturated rings. The summed E-state index contributed by atoms with van der Waals surface area (Å²) in [6.07, 6.45) is 0.187. The van der Waals surface area contributed by atoms with E-state index in [1.807, 2.05) is 0 Å². The highest BCUT2D eigenvalue weighted by Gasteiger charge is 2.17. The highest BCUT2D eigenvalue weighted by Crippen LogP contribution is 2.03. The zero-order valence-corrected chi connectivity index (χ0v) is 12.6. The predicted octanol–water partition coefficient (Wildman–Crippen LogP) is -0.0930. The molecule has 6 nitrogen and oxygen atoms in total. The average molecular weight is 272 g/mol. The molecule has 1 saturated heterocycles. The van der Waals surface area contributed by atoms with Crippen molar-refractivity contribution in [3.8, 4) is 0 Å². The van der Waals surface area contributed by atoms with Gasteiger partial charge < -0.3 is 25.0 Å². The molecular formula is C13H28N4O2. The first kappa shape index (κ1) is 16.2. The highest BCUT2D eigenvalue weighted by molar-refractivity contribution is 5.80. The second-order valence-corrected chi connectivity index (χ2v) is 4.98. The molecule has 1 aliphatic heterocycles. The largest absolute Gasteiger partial charge is 0.383 e. The minimum Gasteiger partial charge on any atom is -0.383 e. The molecule has 112 valence electrons. The third-order valence-corrected chi connectivity index (χ3v) is 2.94. The third kappa shape index (κ3) is 6.75. The number of hydrogen-bond acceptors (Lipinski definition) is 4. The molecule has 19 heavy (non-hydrogen) atoms. The molecule has 0 aromatic carbocycles. The topological polar surface area (TPSA) is 58.1 Å². The van der Waals surface area contributed by atoms with Crippen LogP contribution in [-0.4, -0.2) is 76.6 Å². The Bertz CT molecular complexity index is 273. The molecule has 0 aliphatic carbocycles. The number of nitrogens with zero attached hydrogens (tertiary/aromatic N) is 2. The van der Waals surface area contributed by atoms with Crippen molar-refractivity contribution in [3.05, 3.63) is 0 Å². The van der Waals surface area contributed by atoms with E-state index in [4.69, 9.17) is 9.47 Å². The maximum atomic E-state index is 5.70. The number of hydrogen-bond donors (Lipinski definition) is 2. The molecular weight excluding hydrogens is 244 g/mol. The molecule has 2 atom stereocenters. The lowest BCUT2D eigenvalue weighted by Gasteiger charge is -2.29. The van der Waals surface area contributed by atoms with Crippen LogP contribution >= 0.6 is 0 Å². The van der Waals surface area contributed by atoms with Crippen molar-refractivity contribution in [2.75, 3.05) is 53.6 Å². The molecule has 2 unspecified atom stereocenters. The third-order valence-electron chi connectivity index (χ3n) is 2.94. The molecule has 0 radical (unpaired) electrons. The fourth-order valence-electron chi connectivity index (χ4n) is 2.02. The van der Waals surface area contributed by atoms with Gasteiger partial charge in [0, 0.05) is 32.8 Å². The van der Waals surface area contributed by atoms with Gasteiger partial charge in [0.05, 0.1) is 25.9 Å². The standard InChI is InChI=1S/C13H28N4O2/c1-5-14-13(16-11(2)10-18-4)15-8-12-9-17(3)6-7-19-12/h11-12H,5-10H2,1-4H3,(H2,14,15,16). The minimum absolute atomic E-state index is 0.187. The van der Waals surface area contributed by atoms with Crippen LogP contribution in [0.5, 0.6) is 0 Å². The Hall–Kier alpha value is -0.850. The first-order valence-corrected chi connectivity index (χ1v) is 6.99. The van der Waals surface area contributed by atoms with Crippen LogP contribution in [0, 0.1) is 0 Å². The number of ether oxygens (including phenoxy) is 2. The fraction of sp³-hybridized carbons (Fsp3) is 0.923. The minimum atomic E-state index is 0.187. The molecule has 1 rings (SSSR count). The number of rotatable bonds is 6. The van der Waals surface area contributed by atoms with Crippen LogP contribution in [-0.2, 0) is 9.47 Å². The Morgan fingerprint density at radius 2 is 2.37 bits per heavy atom. The zero-order chi connectivity index (χ0) is 14.1. The number of nitrogens with one attached hydrogen (secondary N) is 2. The van der Waals surface area contributed by atoms with Gasteiger partial charge in [0.25, 0.3) is 0 Å². The predicted molar refractivity (Wildman–Crippen MR) is 77.7 cm³/mol. The van der Waals surface area contributed by atoms with Gasteiger partial charge >= 0.3 is 0 Å². The first-order chi connectivity index (χ1) is 9.15. The first-order valence-electron chi connectivity index (χ1n) is 6.99. The van der Waals surface area contributed by atoms with Crippen LogP contribution in [0.3, 0.4) is 0 Å². The number of methoxy groups -OCH3 is 1. The van der Waals surface area contributed by atoms with Crippen molar-refractivity contribution in [1.29, 1.82) is 0 Å². The van der Waals surface area contributed by atoms with Crippen molar-refractivity contribution in [2.45, 2.75) is 26.0 Å². The van der Waals surface area contributed by atoms with Crippen LogP contribution in [0.2, 0.25) is 0 Å². The van der Waals surface area contributed by atoms with E-state index < -0.39 is 0 Å². The fourth-order valence-corrected chi connectivity index (χ4v) is 2.02. The van der Waals surface area contributed by atoms with Gasteiger partial charge in [-0.3, -0.25) is 4.99 Å². The Morgan fingerprint density at radius 1 is 1.58 bits per heavy atom. The Kier molecular flexibility index (Phi) is 7.78. The van der Waals surface area contributed by atoms with E-state index in [2.05, 4.69) is 41.4 Å². The lowest BCUT2D eigenvalue weighted by Crippen LogP contribution is -2.45. The van der Waals surface area contributed by atoms with Crippen molar-refractivity contribution < 1.29 is 9.47 Å². The van der Waals surface area contributed by atoms with Crippen molar-refractivity contribution in [3.63, 3.8) is 0 Å². The Morgan fingerprint density at radius 3 is 3.00 bits per heavy atom. The number of aliphatic imine (C=N–C) groups is 1. The van der Waals surface area contributed by atoms with Gasteiger partial charge in [-0.05, 0) is 20.9 Å². The molecule has 6 heteroatoms. The van der Waals surface area contributed by atoms with Gasteiger partial charge in [0.2, 0.25) is 0 Å². The van der Waals surface area contributed by atoms with E-state index in [9.17, 15) is 0 Å². The summed E-state index contributed by atoms with van der Waals surface area (Å²) in [5.41, 5.74) is 0. The summed E-state index contributed by atoms with van der Waals surface area (Å²) in [4.78, 5) is 6.86. The van der Waals surface area contributed by atoms with Crippen LogP contribution < -0.4 is 10.6 Å². The van der Waals surface area contributed by atoms with Gasteiger partial charge in [-0.2, -0.15) is 0 Å². The number of morpholine rings is 1. The smallest absolute Gasteiger partial charge is 0.191 e. The molecule has 0 aromatic heterocycles. The van der Waals surface area contributed by atoms with Crippen LogP contribution in [0.4, 0.5) is 0 Å². The number of likely N-dealkylation sites (N-methyl/N-ethyl adjacent to an activating group) is 1. The zero-order valence-electron chi connectivity index (χ0n) is 12.6. The summed E-state index contributed by atoms with van der Waals surface area (Å²) in [6, 6.07) is 0.234. The van der Waals surface area contributed by atoms with Gasteiger partial charge in [0.15, 0.2) is 5.96 Å². The maximum absolute atomic E-state index is 5.70. The van der Waals surface area contributed by atoms with E-state index in [0.29, 0.717) is 13.2 Å². The van der Waals surface area contributed by atoms with E-state index in [1.165, 1.54) is 0 Å². The SMILES string of the molecule is CCNC(=NCC1CN(C)CCO1)NC(C)COC. The summed E-state index contributed by atoms with van der Waals surface area (Å²) in [5, 5.41) is 6.55. The van der Waals surface area contributed by atoms with E-state index >= 15 is 0 Å². The van der Waals surface area contributed by atoms with Crippen LogP contribution in [0.25, 0.3) is 0 Å². The summed E-state index contributed by atoms with van der Waals surface area (Å²) in [5.74, 6) is 0.823. The van der Waals surface area contributed by atoms with Crippen LogP contribution in [0.15, 0.2) is 4.99 Å². The van der Waals surface area contributed by atoms with Gasteiger partial charge in [0.1, 0.15) is 0 Å². The molecule has 1 heterocycles. The quantitative estimate of drug-likeness (QED) is 0.523. The molecule has 0 saturated carbocycles. The van der Waals surface area contributed by atoms with Gasteiger partial charge in [-0.15, -0.1) is 0 Å². The van der Waals surface area contributed by atoms with E-state index in [-0.39, 0.29) is 12.1 Å². The molecule has 0 bridgehead atoms. The number of guanidine groups is 1.